The van der Waals surface area contributed by atoms with Crippen molar-refractivity contribution in [3.05, 3.63) is 34.2 Å². The van der Waals surface area contributed by atoms with Crippen molar-refractivity contribution in [2.24, 2.45) is 5.92 Å². The Morgan fingerprint density at radius 3 is 2.24 bits per heavy atom. The zero-order valence-electron chi connectivity index (χ0n) is 15.6. The fourth-order valence-electron chi connectivity index (χ4n) is 2.97. The van der Waals surface area contributed by atoms with Gasteiger partial charge in [-0.1, -0.05) is 31.5 Å². The molecule has 5 nitrogen and oxygen atoms in total. The summed E-state index contributed by atoms with van der Waals surface area (Å²) in [6, 6.07) is 3.68. The molecule has 0 saturated heterocycles. The molecule has 0 bridgehead atoms. The van der Waals surface area contributed by atoms with Crippen LogP contribution in [-0.4, -0.2) is 22.8 Å². The second-order valence-electron chi connectivity index (χ2n) is 6.72. The molecule has 0 fully saturated rings. The maximum Gasteiger partial charge on any atom is 0.248 e. The molecule has 134 valence electrons. The molecule has 25 heavy (non-hydrogen) atoms. The number of aryl methyl sites for hydroxylation is 3. The fourth-order valence-corrected chi connectivity index (χ4v) is 3.67. The largest absolute Gasteiger partial charge is 0.344 e. The van der Waals surface area contributed by atoms with Crippen LogP contribution >= 0.6 is 11.3 Å². The van der Waals surface area contributed by atoms with Crippen molar-refractivity contribution >= 4 is 28.3 Å². The number of amides is 2. The Labute approximate surface area is 152 Å². The first-order valence-corrected chi connectivity index (χ1v) is 9.18. The van der Waals surface area contributed by atoms with E-state index in [2.05, 4.69) is 48.5 Å². The highest BCUT2D eigenvalue weighted by Crippen LogP contribution is 2.31. The lowest BCUT2D eigenvalue weighted by Gasteiger charge is -2.20. The molecular weight excluding hydrogens is 334 g/mol. The number of aromatic nitrogens is 1. The van der Waals surface area contributed by atoms with Crippen molar-refractivity contribution < 1.29 is 9.59 Å². The van der Waals surface area contributed by atoms with E-state index in [-0.39, 0.29) is 17.7 Å². The molecular formula is C19H25N3O2S. The second-order valence-corrected chi connectivity index (χ2v) is 7.58. The van der Waals surface area contributed by atoms with Crippen LogP contribution in [0.3, 0.4) is 0 Å². The summed E-state index contributed by atoms with van der Waals surface area (Å²) in [5.74, 6) is -0.479. The van der Waals surface area contributed by atoms with Crippen LogP contribution < -0.4 is 10.6 Å². The zero-order chi connectivity index (χ0) is 18.7. The van der Waals surface area contributed by atoms with Crippen LogP contribution in [0.25, 0.3) is 11.3 Å². The molecule has 2 amide bonds. The minimum absolute atomic E-state index is 0.00933. The monoisotopic (exact) mass is 359 g/mol. The molecule has 0 radical (unpaired) electrons. The van der Waals surface area contributed by atoms with Crippen LogP contribution in [0.1, 0.15) is 37.5 Å². The molecule has 0 spiro atoms. The first-order valence-electron chi connectivity index (χ1n) is 8.30. The summed E-state index contributed by atoms with van der Waals surface area (Å²) in [6.07, 6.45) is 0. The lowest BCUT2D eigenvalue weighted by Crippen LogP contribution is -2.46. The van der Waals surface area contributed by atoms with Gasteiger partial charge in [0.1, 0.15) is 6.04 Å². The van der Waals surface area contributed by atoms with Crippen molar-refractivity contribution in [1.82, 2.24) is 10.3 Å². The van der Waals surface area contributed by atoms with Gasteiger partial charge in [-0.3, -0.25) is 9.59 Å². The fraction of sp³-hybridized carbons (Fsp3) is 0.421. The van der Waals surface area contributed by atoms with E-state index in [0.29, 0.717) is 5.13 Å². The Balaban J connectivity index is 2.22. The van der Waals surface area contributed by atoms with Crippen LogP contribution in [0, 0.1) is 26.7 Å². The minimum Gasteiger partial charge on any atom is -0.344 e. The second kappa shape index (κ2) is 7.78. The van der Waals surface area contributed by atoms with E-state index >= 15 is 0 Å². The SMILES string of the molecule is CC(=O)N[C@@H](C(=O)Nc1nc(-c2c(C)cc(C)cc2C)cs1)C(C)C. The Kier molecular flexibility index (Phi) is 5.95. The quantitative estimate of drug-likeness (QED) is 0.852. The predicted octanol–water partition coefficient (Wildman–Crippen LogP) is 3.83. The first-order chi connectivity index (χ1) is 11.7. The number of nitrogens with one attached hydrogen (secondary N) is 2. The summed E-state index contributed by atoms with van der Waals surface area (Å²) >= 11 is 1.39. The van der Waals surface area contributed by atoms with Crippen LogP contribution in [-0.2, 0) is 9.59 Å². The molecule has 2 N–H and O–H groups in total. The van der Waals surface area contributed by atoms with Gasteiger partial charge in [0.25, 0.3) is 0 Å². The Morgan fingerprint density at radius 1 is 1.12 bits per heavy atom. The average molecular weight is 359 g/mol. The maximum absolute atomic E-state index is 12.5. The molecule has 0 saturated carbocycles. The van der Waals surface area contributed by atoms with Gasteiger partial charge in [0.2, 0.25) is 11.8 Å². The van der Waals surface area contributed by atoms with Gasteiger partial charge in [-0.25, -0.2) is 4.98 Å². The van der Waals surface area contributed by atoms with E-state index in [0.717, 1.165) is 11.3 Å². The number of carbonyl (C=O) groups excluding carboxylic acids is 2. The van der Waals surface area contributed by atoms with Gasteiger partial charge in [-0.05, 0) is 37.8 Å². The van der Waals surface area contributed by atoms with E-state index in [1.807, 2.05) is 19.2 Å². The highest BCUT2D eigenvalue weighted by atomic mass is 32.1. The Morgan fingerprint density at radius 2 is 1.72 bits per heavy atom. The van der Waals surface area contributed by atoms with E-state index < -0.39 is 6.04 Å². The lowest BCUT2D eigenvalue weighted by molar-refractivity contribution is -0.126. The van der Waals surface area contributed by atoms with Crippen LogP contribution in [0.4, 0.5) is 5.13 Å². The number of nitrogens with zero attached hydrogens (tertiary/aromatic N) is 1. The third-order valence-corrected chi connectivity index (χ3v) is 4.73. The van der Waals surface area contributed by atoms with Crippen LogP contribution in [0.2, 0.25) is 0 Å². The number of anilines is 1. The summed E-state index contributed by atoms with van der Waals surface area (Å²) in [4.78, 5) is 28.3. The third kappa shape index (κ3) is 4.66. The number of benzene rings is 1. The van der Waals surface area contributed by atoms with Gasteiger partial charge in [-0.2, -0.15) is 0 Å². The van der Waals surface area contributed by atoms with Crippen LogP contribution in [0.5, 0.6) is 0 Å². The Hall–Kier alpha value is -2.21. The van der Waals surface area contributed by atoms with Crippen molar-refractivity contribution in [3.8, 4) is 11.3 Å². The molecule has 0 aliphatic carbocycles. The summed E-state index contributed by atoms with van der Waals surface area (Å²) in [6.45, 7) is 11.4. The standard InChI is InChI=1S/C19H25N3O2S/c1-10(2)17(20-14(6)23)18(24)22-19-21-15(9-25-19)16-12(4)7-11(3)8-13(16)5/h7-10,17H,1-6H3,(H,20,23)(H,21,22,24)/t17-/m1/s1. The van der Waals surface area contributed by atoms with Crippen LogP contribution in [0.15, 0.2) is 17.5 Å². The molecule has 0 aliphatic rings. The van der Waals surface area contributed by atoms with Crippen molar-refractivity contribution in [2.75, 3.05) is 5.32 Å². The number of carbonyl (C=O) groups is 2. The molecule has 1 heterocycles. The van der Waals surface area contributed by atoms with Gasteiger partial charge in [0.05, 0.1) is 5.69 Å². The normalized spacial score (nSPS) is 12.1. The molecule has 2 aromatic rings. The van der Waals surface area contributed by atoms with E-state index in [1.54, 1.807) is 0 Å². The number of rotatable bonds is 5. The van der Waals surface area contributed by atoms with E-state index in [4.69, 9.17) is 0 Å². The highest BCUT2D eigenvalue weighted by molar-refractivity contribution is 7.14. The lowest BCUT2D eigenvalue weighted by atomic mass is 9.98. The number of hydrogen-bond donors (Lipinski definition) is 2. The summed E-state index contributed by atoms with van der Waals surface area (Å²) in [5, 5.41) is 8.00. The zero-order valence-corrected chi connectivity index (χ0v) is 16.4. The predicted molar refractivity (Wildman–Crippen MR) is 103 cm³/mol. The van der Waals surface area contributed by atoms with Gasteiger partial charge in [0, 0.05) is 17.9 Å². The van der Waals surface area contributed by atoms with E-state index in [9.17, 15) is 9.59 Å². The first kappa shape index (κ1) is 19.1. The maximum atomic E-state index is 12.5. The number of hydrogen-bond acceptors (Lipinski definition) is 4. The van der Waals surface area contributed by atoms with Crippen molar-refractivity contribution in [2.45, 2.75) is 47.6 Å². The third-order valence-electron chi connectivity index (χ3n) is 3.98. The summed E-state index contributed by atoms with van der Waals surface area (Å²) < 4.78 is 0. The van der Waals surface area contributed by atoms with Gasteiger partial charge < -0.3 is 10.6 Å². The smallest absolute Gasteiger partial charge is 0.248 e. The number of thiazole rings is 1. The van der Waals surface area contributed by atoms with Crippen molar-refractivity contribution in [1.29, 1.82) is 0 Å². The molecule has 1 aromatic carbocycles. The van der Waals surface area contributed by atoms with Crippen molar-refractivity contribution in [3.63, 3.8) is 0 Å². The Bertz CT molecular complexity index is 773. The molecule has 6 heteroatoms. The minimum atomic E-state index is -0.576. The van der Waals surface area contributed by atoms with Gasteiger partial charge in [-0.15, -0.1) is 11.3 Å². The van der Waals surface area contributed by atoms with Gasteiger partial charge >= 0.3 is 0 Å². The molecule has 0 unspecified atom stereocenters. The molecule has 1 atom stereocenters. The molecule has 2 rings (SSSR count). The highest BCUT2D eigenvalue weighted by Gasteiger charge is 2.24. The van der Waals surface area contributed by atoms with E-state index in [1.165, 1.54) is 35.0 Å². The average Bonchev–Trinajstić information content (AvgIpc) is 2.91. The summed E-state index contributed by atoms with van der Waals surface area (Å²) in [7, 11) is 0. The topological polar surface area (TPSA) is 71.1 Å². The molecule has 1 aromatic heterocycles. The van der Waals surface area contributed by atoms with Gasteiger partial charge in [0.15, 0.2) is 5.13 Å². The molecule has 0 aliphatic heterocycles. The summed E-state index contributed by atoms with van der Waals surface area (Å²) in [5.41, 5.74) is 5.51.